The van der Waals surface area contributed by atoms with Gasteiger partial charge in [0.1, 0.15) is 44.0 Å². The first kappa shape index (κ1) is 115. The minimum absolute atomic E-state index is 0.00589. The smallest absolute Gasteiger partial charge is 0.414 e. The normalized spacial score (nSPS) is 21.7. The average molecular weight is 2040 g/mol. The number of benzene rings is 2. The Balaban J connectivity index is 0.912. The third-order valence-electron chi connectivity index (χ3n) is 24.2. The van der Waals surface area contributed by atoms with Crippen LogP contribution in [0.2, 0.25) is 0 Å². The molecule has 9 N–H and O–H groups in total. The van der Waals surface area contributed by atoms with E-state index in [9.17, 15) is 62.3 Å². The summed E-state index contributed by atoms with van der Waals surface area (Å²) in [4.78, 5) is 223. The number of nitrogens with one attached hydrogen (secondary N) is 9. The molecular weight excluding hydrogens is 1890 g/mol. The SMILES string of the molecule is C=C1CCC(=O)N1OC(=O)CCC(C)(C)SSCCC(=O)NCCOCCO/N=C1\C[C@H]2C(C)N3C(=O)OCCC(=O)N[C@@H](C)C(=O)N[C@@H](CCCCNC(=O)CCOCCOC)C(=O)NCCOCCNC(=O)[C@H](CCCCNC(=O)CCOCCOC)NC(=O)[C@H](C)NC(=O)CCOC(=O)N4C[C@@H]5CCCN5C(=O)c5cc6c(cc54)OCCCOc4cc3c(cc4OCCCCCCCCO6)C(=O)N2C1. The van der Waals surface area contributed by atoms with Crippen molar-refractivity contribution in [3.63, 3.8) is 0 Å². The lowest BCUT2D eigenvalue weighted by Crippen LogP contribution is -2.53. The maximum atomic E-state index is 15.4. The topological polar surface area (TPSA) is 522 Å². The minimum atomic E-state index is -1.25. The summed E-state index contributed by atoms with van der Waals surface area (Å²) in [6.45, 7) is 14.7. The van der Waals surface area contributed by atoms with Crippen molar-refractivity contribution >= 4 is 128 Å². The van der Waals surface area contributed by atoms with Crippen molar-refractivity contribution in [3.8, 4) is 23.0 Å². The van der Waals surface area contributed by atoms with E-state index in [-0.39, 0.29) is 256 Å². The highest BCUT2D eigenvalue weighted by molar-refractivity contribution is 8.77. The molecule has 7 aliphatic rings. The molecule has 0 radical (unpaired) electrons. The Morgan fingerprint density at radius 1 is 0.521 bits per heavy atom. The molecule has 44 nitrogen and oxygen atoms in total. The van der Waals surface area contributed by atoms with E-state index in [1.807, 2.05) is 13.8 Å². The fourth-order valence-corrected chi connectivity index (χ4v) is 18.9. The lowest BCUT2D eigenvalue weighted by molar-refractivity contribution is -0.186. The van der Waals surface area contributed by atoms with Gasteiger partial charge in [0, 0.05) is 128 Å². The molecule has 9 rings (SSSR count). The third-order valence-corrected chi connectivity index (χ3v) is 27.6. The van der Waals surface area contributed by atoms with E-state index in [0.717, 1.165) is 30.7 Å². The van der Waals surface area contributed by atoms with Gasteiger partial charge in [-0.3, -0.25) is 67.3 Å². The van der Waals surface area contributed by atoms with Gasteiger partial charge in [-0.2, -0.15) is 0 Å². The molecule has 7 heterocycles. The van der Waals surface area contributed by atoms with Gasteiger partial charge in [-0.1, -0.05) is 59.0 Å². The number of hydrogen-bond donors (Lipinski definition) is 9. The number of carbonyl (C=O) groups excluding carboxylic acids is 15. The predicted molar refractivity (Wildman–Crippen MR) is 523 cm³/mol. The highest BCUT2D eigenvalue weighted by Crippen LogP contribution is 2.45. The van der Waals surface area contributed by atoms with Gasteiger partial charge in [0.05, 0.1) is 164 Å². The lowest BCUT2D eigenvalue weighted by Gasteiger charge is -2.32. The number of fused-ring (bicyclic) bond motifs is 6. The number of methoxy groups -OCH3 is 2. The highest BCUT2D eigenvalue weighted by atomic mass is 33.1. The van der Waals surface area contributed by atoms with E-state index in [2.05, 4.69) is 59.6 Å². The van der Waals surface area contributed by atoms with Crippen LogP contribution in [0.25, 0.3) is 0 Å². The fraction of sp³-hybridized carbons (Fsp3) is 0.688. The van der Waals surface area contributed by atoms with Crippen LogP contribution >= 0.6 is 21.6 Å². The number of rotatable bonds is 38. The van der Waals surface area contributed by atoms with Crippen molar-refractivity contribution in [1.29, 1.82) is 0 Å². The zero-order valence-corrected chi connectivity index (χ0v) is 84.6. The molecule has 0 spiro atoms. The van der Waals surface area contributed by atoms with Gasteiger partial charge in [-0.25, -0.2) is 14.4 Å². The van der Waals surface area contributed by atoms with Crippen molar-refractivity contribution < 1.29 is 138 Å². The average Bonchev–Trinajstić information content (AvgIpc) is 1.60. The number of carbonyl (C=O) groups is 15. The number of hydrogen-bond acceptors (Lipinski definition) is 32. The Hall–Kier alpha value is -11.0. The molecule has 142 heavy (non-hydrogen) atoms. The number of oxime groups is 1. The van der Waals surface area contributed by atoms with Crippen molar-refractivity contribution in [3.05, 3.63) is 47.7 Å². The van der Waals surface area contributed by atoms with Gasteiger partial charge >= 0.3 is 18.2 Å². The van der Waals surface area contributed by atoms with Gasteiger partial charge in [0.2, 0.25) is 53.2 Å². The quantitative estimate of drug-likeness (QED) is 0.0215. The summed E-state index contributed by atoms with van der Waals surface area (Å²) in [6.07, 6.45) is 6.88. The van der Waals surface area contributed by atoms with Crippen LogP contribution in [0.15, 0.2) is 41.7 Å². The highest BCUT2D eigenvalue weighted by Gasteiger charge is 2.47. The Morgan fingerprint density at radius 2 is 1.04 bits per heavy atom. The zero-order valence-electron chi connectivity index (χ0n) is 83.0. The van der Waals surface area contributed by atoms with Crippen LogP contribution in [-0.2, 0) is 100 Å². The number of anilines is 2. The number of nitrogens with zero attached hydrogens (tertiary/aromatic N) is 6. The van der Waals surface area contributed by atoms with Crippen LogP contribution in [0, 0.1) is 0 Å². The molecule has 0 aliphatic carbocycles. The summed E-state index contributed by atoms with van der Waals surface area (Å²) < 4.78 is 70.1. The van der Waals surface area contributed by atoms with Crippen LogP contribution in [0.5, 0.6) is 23.0 Å². The maximum Gasteiger partial charge on any atom is 0.414 e. The standard InChI is InChI=1S/C96H145N15O29S2/c1-64-24-25-86(117)111(64)140-87(118)26-32-96(5,6)142-141-56-31-83(114)99-35-47-132-54-55-139-106-68-57-74-67(4)110-76-61-80-78(59-71(76)93(124)108(74)62-68)134-40-18-12-10-9-11-17-39-133-77-58-70-75(60-79(77)135-41-20-42-136-80)109(63-69-21-19-38-107(69)92(70)123)94(125)137-45-29-84(115)102-65(2)88(119)104-72(22-13-15-33-97-81(112)27-43-129-52-50-127-7)90(121)100-36-48-131-49-37-101-91(122)73(23-14-16-34-98-82(113)28-44-130-53-51-128-8)105-89(120)66(3)103-85(116)30-46-138-95(110)126/h58-61,65-67,69,72-74H,1,9-57,62-63H2,2-8H3,(H,97,112)(H,98,113)(H,99,114)(H,100,121)(H,101,122)(H,102,115)(H,103,116)(H,104,119)(H,105,120)/b106-68+/t65-,66-,67?,69-,72-,73-,74-/m0/s1. The third kappa shape index (κ3) is 38.6. The summed E-state index contributed by atoms with van der Waals surface area (Å²) in [5.41, 5.74) is 1.39. The number of cyclic esters (lactones) is 2. The van der Waals surface area contributed by atoms with E-state index >= 15 is 9.59 Å². The Morgan fingerprint density at radius 3 is 1.61 bits per heavy atom. The Kier molecular flexibility index (Phi) is 49.9. The first-order chi connectivity index (χ1) is 68.5. The second-order valence-corrected chi connectivity index (χ2v) is 39.0. The maximum absolute atomic E-state index is 15.4. The molecule has 1 unspecified atom stereocenters. The molecule has 14 amide bonds. The zero-order chi connectivity index (χ0) is 102. The van der Waals surface area contributed by atoms with E-state index in [0.29, 0.717) is 114 Å². The van der Waals surface area contributed by atoms with E-state index < -0.39 is 128 Å². The molecule has 790 valence electrons. The molecule has 7 aliphatic heterocycles. The second-order valence-electron chi connectivity index (χ2n) is 35.8. The van der Waals surface area contributed by atoms with Crippen LogP contribution < -0.4 is 76.6 Å². The van der Waals surface area contributed by atoms with Crippen molar-refractivity contribution in [1.82, 2.24) is 62.7 Å². The first-order valence-electron chi connectivity index (χ1n) is 49.5. The molecule has 3 saturated heterocycles. The number of allylic oxidation sites excluding steroid dienone is 1. The largest absolute Gasteiger partial charge is 0.490 e. The van der Waals surface area contributed by atoms with Crippen LogP contribution in [0.3, 0.4) is 0 Å². The number of unbranched alkanes of at least 4 members (excludes halogenated alkanes) is 2. The van der Waals surface area contributed by atoms with Crippen LogP contribution in [0.4, 0.5) is 21.0 Å². The number of amides is 14. The van der Waals surface area contributed by atoms with Gasteiger partial charge in [-0.05, 0) is 124 Å². The summed E-state index contributed by atoms with van der Waals surface area (Å²) in [5.74, 6) is -5.04. The molecule has 46 heteroatoms. The number of hydroxylamine groups is 2. The lowest BCUT2D eigenvalue weighted by atomic mass is 10.1. The Labute approximate surface area is 837 Å². The van der Waals surface area contributed by atoms with Gasteiger partial charge < -0.3 is 124 Å². The molecule has 2 aromatic rings. The van der Waals surface area contributed by atoms with Crippen molar-refractivity contribution in [2.45, 2.75) is 242 Å². The minimum Gasteiger partial charge on any atom is -0.490 e. The van der Waals surface area contributed by atoms with E-state index in [1.54, 1.807) is 52.8 Å². The molecule has 0 aromatic heterocycles. The molecular formula is C96H145N15O29S2. The summed E-state index contributed by atoms with van der Waals surface area (Å²) in [7, 11) is 6.14. The first-order valence-corrected chi connectivity index (χ1v) is 51.8. The Bertz CT molecular complexity index is 4560. The predicted octanol–water partition coefficient (Wildman–Crippen LogP) is 5.90. The fourth-order valence-electron chi connectivity index (χ4n) is 16.3. The summed E-state index contributed by atoms with van der Waals surface area (Å²) in [6, 6.07) is -0.527. The summed E-state index contributed by atoms with van der Waals surface area (Å²) in [5, 5.41) is 30.2. The monoisotopic (exact) mass is 2040 g/mol. The molecule has 7 atom stereocenters. The molecule has 4 bridgehead atoms. The van der Waals surface area contributed by atoms with Gasteiger partial charge in [0.25, 0.3) is 17.7 Å². The van der Waals surface area contributed by atoms with Crippen LogP contribution in [-0.4, -0.2) is 341 Å². The van der Waals surface area contributed by atoms with E-state index in [4.69, 9.17) is 66.5 Å². The van der Waals surface area contributed by atoms with Crippen molar-refractivity contribution in [2.24, 2.45) is 5.16 Å². The molecule has 2 aromatic carbocycles. The van der Waals surface area contributed by atoms with Gasteiger partial charge in [0.15, 0.2) is 23.0 Å². The van der Waals surface area contributed by atoms with Gasteiger partial charge in [-0.15, -0.1) is 5.06 Å². The molecule has 3 fully saturated rings. The second kappa shape index (κ2) is 61.8. The van der Waals surface area contributed by atoms with E-state index in [1.165, 1.54) is 47.6 Å². The van der Waals surface area contributed by atoms with Crippen molar-refractivity contribution in [2.75, 3.05) is 194 Å². The van der Waals surface area contributed by atoms with Crippen LogP contribution in [0.1, 0.15) is 216 Å². The summed E-state index contributed by atoms with van der Waals surface area (Å²) >= 11 is 0. The number of ether oxygens (including phenoxy) is 12. The molecule has 0 saturated carbocycles.